The fraction of sp³-hybridized carbons (Fsp3) is 0.357. The molecule has 2 amide bonds. The minimum Gasteiger partial charge on any atom is -0.355 e. The highest BCUT2D eigenvalue weighted by Gasteiger charge is 2.21. The van der Waals surface area contributed by atoms with Crippen LogP contribution in [0.5, 0.6) is 0 Å². The first-order chi connectivity index (χ1) is 9.67. The van der Waals surface area contributed by atoms with E-state index in [1.54, 1.807) is 0 Å². The molecule has 0 aliphatic heterocycles. The molecule has 1 aromatic heterocycles. The van der Waals surface area contributed by atoms with E-state index in [4.69, 9.17) is 0 Å². The summed E-state index contributed by atoms with van der Waals surface area (Å²) in [6, 6.07) is 7.43. The average Bonchev–Trinajstić information content (AvgIpc) is 2.88. The van der Waals surface area contributed by atoms with Crippen molar-refractivity contribution in [2.45, 2.75) is 13.8 Å². The smallest absolute Gasteiger partial charge is 0.275 e. The maximum Gasteiger partial charge on any atom is 0.275 e. The van der Waals surface area contributed by atoms with Gasteiger partial charge in [0.05, 0.1) is 12.1 Å². The predicted molar refractivity (Wildman–Crippen MR) is 76.4 cm³/mol. The van der Waals surface area contributed by atoms with Gasteiger partial charge in [-0.15, -0.1) is 0 Å². The molecule has 0 fully saturated rings. The molecule has 0 atom stereocenters. The largest absolute Gasteiger partial charge is 0.355 e. The molecule has 6 nitrogen and oxygen atoms in total. The number of aromatic amines is 1. The number of aromatic nitrogens is 2. The van der Waals surface area contributed by atoms with Gasteiger partial charge in [-0.25, -0.2) is 0 Å². The molecule has 2 N–H and O–H groups in total. The molecule has 0 bridgehead atoms. The van der Waals surface area contributed by atoms with Gasteiger partial charge >= 0.3 is 0 Å². The second-order valence-corrected chi connectivity index (χ2v) is 4.39. The first kappa shape index (κ1) is 14.0. The van der Waals surface area contributed by atoms with Crippen molar-refractivity contribution < 1.29 is 9.59 Å². The third-order valence-electron chi connectivity index (χ3n) is 3.05. The third-order valence-corrected chi connectivity index (χ3v) is 3.05. The maximum absolute atomic E-state index is 12.5. The van der Waals surface area contributed by atoms with Gasteiger partial charge in [0.15, 0.2) is 5.69 Å². The Morgan fingerprint density at radius 1 is 1.30 bits per heavy atom. The van der Waals surface area contributed by atoms with Crippen LogP contribution in [-0.4, -0.2) is 46.5 Å². The summed E-state index contributed by atoms with van der Waals surface area (Å²) in [4.78, 5) is 25.6. The zero-order valence-corrected chi connectivity index (χ0v) is 11.6. The molecule has 20 heavy (non-hydrogen) atoms. The summed E-state index contributed by atoms with van der Waals surface area (Å²) >= 11 is 0. The van der Waals surface area contributed by atoms with Crippen LogP contribution in [-0.2, 0) is 4.79 Å². The van der Waals surface area contributed by atoms with Crippen molar-refractivity contribution in [3.63, 3.8) is 0 Å². The van der Waals surface area contributed by atoms with Crippen LogP contribution in [0.1, 0.15) is 24.3 Å². The summed E-state index contributed by atoms with van der Waals surface area (Å²) < 4.78 is 0. The molecular weight excluding hydrogens is 256 g/mol. The molecule has 2 aromatic rings. The Morgan fingerprint density at radius 3 is 2.75 bits per heavy atom. The van der Waals surface area contributed by atoms with Crippen molar-refractivity contribution in [1.29, 1.82) is 0 Å². The highest BCUT2D eigenvalue weighted by atomic mass is 16.2. The van der Waals surface area contributed by atoms with Crippen molar-refractivity contribution in [3.05, 3.63) is 30.0 Å². The first-order valence-corrected chi connectivity index (χ1v) is 6.66. The molecule has 2 rings (SSSR count). The van der Waals surface area contributed by atoms with Crippen LogP contribution in [0.25, 0.3) is 10.9 Å². The number of para-hydroxylation sites is 1. The lowest BCUT2D eigenvalue weighted by Crippen LogP contribution is -2.40. The van der Waals surface area contributed by atoms with Crippen LogP contribution >= 0.6 is 0 Å². The van der Waals surface area contributed by atoms with Crippen molar-refractivity contribution in [3.8, 4) is 0 Å². The number of amides is 2. The van der Waals surface area contributed by atoms with E-state index in [-0.39, 0.29) is 18.4 Å². The summed E-state index contributed by atoms with van der Waals surface area (Å²) in [5.74, 6) is -0.404. The van der Waals surface area contributed by atoms with Crippen LogP contribution in [0.15, 0.2) is 24.3 Å². The number of benzene rings is 1. The summed E-state index contributed by atoms with van der Waals surface area (Å²) in [5.41, 5.74) is 1.16. The second-order valence-electron chi connectivity index (χ2n) is 4.39. The monoisotopic (exact) mass is 274 g/mol. The van der Waals surface area contributed by atoms with Crippen LogP contribution in [0.3, 0.4) is 0 Å². The van der Waals surface area contributed by atoms with Crippen molar-refractivity contribution >= 4 is 22.7 Å². The molecule has 1 heterocycles. The van der Waals surface area contributed by atoms with E-state index in [2.05, 4.69) is 15.5 Å². The molecule has 6 heteroatoms. The molecular formula is C14H18N4O2. The van der Waals surface area contributed by atoms with Gasteiger partial charge in [0, 0.05) is 18.5 Å². The van der Waals surface area contributed by atoms with Crippen LogP contribution in [0.2, 0.25) is 0 Å². The van der Waals surface area contributed by atoms with Crippen LogP contribution in [0.4, 0.5) is 0 Å². The number of carbonyl (C=O) groups excluding carboxylic acids is 2. The summed E-state index contributed by atoms with van der Waals surface area (Å²) in [5, 5.41) is 10.4. The highest BCUT2D eigenvalue weighted by molar-refractivity contribution is 6.05. The van der Waals surface area contributed by atoms with E-state index < -0.39 is 0 Å². The second kappa shape index (κ2) is 6.18. The number of hydrogen-bond donors (Lipinski definition) is 2. The van der Waals surface area contributed by atoms with E-state index in [1.807, 2.05) is 38.1 Å². The number of fused-ring (bicyclic) bond motifs is 1. The number of carbonyl (C=O) groups is 2. The normalized spacial score (nSPS) is 10.5. The molecule has 106 valence electrons. The summed E-state index contributed by atoms with van der Waals surface area (Å²) in [7, 11) is 0. The van der Waals surface area contributed by atoms with E-state index in [0.29, 0.717) is 18.8 Å². The molecule has 0 aliphatic rings. The van der Waals surface area contributed by atoms with Gasteiger partial charge in [-0.3, -0.25) is 14.7 Å². The lowest BCUT2D eigenvalue weighted by atomic mass is 10.2. The van der Waals surface area contributed by atoms with E-state index in [0.717, 1.165) is 10.9 Å². The molecule has 0 unspecified atom stereocenters. The van der Waals surface area contributed by atoms with Gasteiger partial charge in [0.2, 0.25) is 5.91 Å². The Balaban J connectivity index is 2.22. The number of likely N-dealkylation sites (N-methyl/N-ethyl adjacent to an activating group) is 2. The van der Waals surface area contributed by atoms with Gasteiger partial charge in [-0.2, -0.15) is 5.10 Å². The Morgan fingerprint density at radius 2 is 2.05 bits per heavy atom. The van der Waals surface area contributed by atoms with Crippen molar-refractivity contribution in [2.75, 3.05) is 19.6 Å². The zero-order chi connectivity index (χ0) is 14.5. The van der Waals surface area contributed by atoms with Crippen LogP contribution in [0, 0.1) is 0 Å². The zero-order valence-electron chi connectivity index (χ0n) is 11.6. The Kier molecular flexibility index (Phi) is 4.34. The maximum atomic E-state index is 12.5. The SMILES string of the molecule is CCNC(=O)CN(CC)C(=O)c1n[nH]c2ccccc12. The van der Waals surface area contributed by atoms with Crippen molar-refractivity contribution in [2.24, 2.45) is 0 Å². The summed E-state index contributed by atoms with van der Waals surface area (Å²) in [6.45, 7) is 4.74. The third kappa shape index (κ3) is 2.79. The number of hydrogen-bond acceptors (Lipinski definition) is 3. The topological polar surface area (TPSA) is 78.1 Å². The fourth-order valence-electron chi connectivity index (χ4n) is 2.03. The fourth-order valence-corrected chi connectivity index (χ4v) is 2.03. The Bertz CT molecular complexity index is 620. The Labute approximate surface area is 117 Å². The molecule has 0 radical (unpaired) electrons. The minimum absolute atomic E-state index is 0.0460. The van der Waals surface area contributed by atoms with E-state index in [1.165, 1.54) is 4.90 Å². The number of rotatable bonds is 5. The first-order valence-electron chi connectivity index (χ1n) is 6.66. The number of nitrogens with one attached hydrogen (secondary N) is 2. The van der Waals surface area contributed by atoms with E-state index in [9.17, 15) is 9.59 Å². The lowest BCUT2D eigenvalue weighted by Gasteiger charge is -2.19. The van der Waals surface area contributed by atoms with Gasteiger partial charge in [0.25, 0.3) is 5.91 Å². The van der Waals surface area contributed by atoms with Gasteiger partial charge < -0.3 is 10.2 Å². The van der Waals surface area contributed by atoms with Crippen LogP contribution < -0.4 is 5.32 Å². The molecule has 1 aromatic carbocycles. The van der Waals surface area contributed by atoms with Gasteiger partial charge in [-0.05, 0) is 19.9 Å². The molecule has 0 aliphatic carbocycles. The lowest BCUT2D eigenvalue weighted by molar-refractivity contribution is -0.121. The summed E-state index contributed by atoms with van der Waals surface area (Å²) in [6.07, 6.45) is 0. The Hall–Kier alpha value is -2.37. The highest BCUT2D eigenvalue weighted by Crippen LogP contribution is 2.16. The minimum atomic E-state index is -0.240. The van der Waals surface area contributed by atoms with E-state index >= 15 is 0 Å². The number of H-pyrrole nitrogens is 1. The molecule has 0 saturated carbocycles. The molecule has 0 spiro atoms. The predicted octanol–water partition coefficient (Wildman–Crippen LogP) is 1.16. The van der Waals surface area contributed by atoms with Crippen molar-refractivity contribution in [1.82, 2.24) is 20.4 Å². The standard InChI is InChI=1S/C14H18N4O2/c1-3-15-12(19)9-18(4-2)14(20)13-10-7-5-6-8-11(10)16-17-13/h5-8H,3-4,9H2,1-2H3,(H,15,19)(H,16,17). The number of nitrogens with zero attached hydrogens (tertiary/aromatic N) is 2. The molecule has 0 saturated heterocycles. The average molecular weight is 274 g/mol. The van der Waals surface area contributed by atoms with Gasteiger partial charge in [0.1, 0.15) is 0 Å². The van der Waals surface area contributed by atoms with Gasteiger partial charge in [-0.1, -0.05) is 18.2 Å². The quantitative estimate of drug-likeness (QED) is 0.859.